The van der Waals surface area contributed by atoms with Crippen LogP contribution in [0.4, 0.5) is 4.79 Å². The number of nitrogens with zero attached hydrogens (tertiary/aromatic N) is 1. The maximum atomic E-state index is 12.2. The number of amides is 1. The van der Waals surface area contributed by atoms with Crippen LogP contribution in [-0.4, -0.2) is 46.2 Å². The van der Waals surface area contributed by atoms with E-state index >= 15 is 0 Å². The molecule has 0 radical (unpaired) electrons. The molecule has 1 aliphatic heterocycles. The summed E-state index contributed by atoms with van der Waals surface area (Å²) in [5, 5.41) is 9.48. The molecule has 1 saturated heterocycles. The maximum absolute atomic E-state index is 12.2. The Bertz CT molecular complexity index is 307. The molecule has 1 N–H and O–H groups in total. The fourth-order valence-electron chi connectivity index (χ4n) is 2.13. The summed E-state index contributed by atoms with van der Waals surface area (Å²) in [6.45, 7) is 11.3. The van der Waals surface area contributed by atoms with E-state index in [2.05, 4.69) is 0 Å². The molecule has 1 heterocycles. The first-order valence-corrected chi connectivity index (χ1v) is 6.37. The van der Waals surface area contributed by atoms with Crippen molar-refractivity contribution in [2.75, 3.05) is 6.61 Å². The second kappa shape index (κ2) is 5.05. The fraction of sp³-hybridized carbons (Fsp3) is 0.923. The van der Waals surface area contributed by atoms with Gasteiger partial charge in [0.15, 0.2) is 0 Å². The van der Waals surface area contributed by atoms with Crippen molar-refractivity contribution in [2.24, 2.45) is 0 Å². The molecule has 18 heavy (non-hydrogen) atoms. The highest BCUT2D eigenvalue weighted by atomic mass is 16.6. The second-order valence-electron chi connectivity index (χ2n) is 6.35. The standard InChI is InChI=1S/C13H25NO4/c1-9(15)7-10-8-17-13(5,6)14(10)11(16)18-12(2,3)4/h9-10,15H,7-8H2,1-6H3/t9-,10?/m1/s1. The summed E-state index contributed by atoms with van der Waals surface area (Å²) in [7, 11) is 0. The fourth-order valence-corrected chi connectivity index (χ4v) is 2.13. The quantitative estimate of drug-likeness (QED) is 0.825. The molecule has 2 atom stereocenters. The monoisotopic (exact) mass is 259 g/mol. The van der Waals surface area contributed by atoms with E-state index in [-0.39, 0.29) is 6.04 Å². The average molecular weight is 259 g/mol. The molecular formula is C13H25NO4. The van der Waals surface area contributed by atoms with Crippen molar-refractivity contribution in [3.63, 3.8) is 0 Å². The van der Waals surface area contributed by atoms with E-state index in [0.717, 1.165) is 0 Å². The second-order valence-corrected chi connectivity index (χ2v) is 6.35. The van der Waals surface area contributed by atoms with E-state index in [1.54, 1.807) is 11.8 Å². The minimum atomic E-state index is -0.693. The van der Waals surface area contributed by atoms with Gasteiger partial charge in [-0.15, -0.1) is 0 Å². The van der Waals surface area contributed by atoms with Gasteiger partial charge in [0.2, 0.25) is 0 Å². The largest absolute Gasteiger partial charge is 0.444 e. The van der Waals surface area contributed by atoms with Crippen LogP contribution in [0.15, 0.2) is 0 Å². The van der Waals surface area contributed by atoms with Crippen molar-refractivity contribution in [1.29, 1.82) is 0 Å². The van der Waals surface area contributed by atoms with Gasteiger partial charge in [-0.25, -0.2) is 4.79 Å². The smallest absolute Gasteiger partial charge is 0.412 e. The third-order valence-corrected chi connectivity index (χ3v) is 2.78. The lowest BCUT2D eigenvalue weighted by molar-refractivity contribution is -0.0635. The average Bonchev–Trinajstić information content (AvgIpc) is 2.36. The van der Waals surface area contributed by atoms with Gasteiger partial charge < -0.3 is 14.6 Å². The van der Waals surface area contributed by atoms with Crippen LogP contribution in [0.5, 0.6) is 0 Å². The summed E-state index contributed by atoms with van der Waals surface area (Å²) < 4.78 is 11.0. The lowest BCUT2D eigenvalue weighted by Gasteiger charge is -2.35. The van der Waals surface area contributed by atoms with Crippen molar-refractivity contribution in [1.82, 2.24) is 4.90 Å². The Balaban J connectivity index is 2.82. The van der Waals surface area contributed by atoms with E-state index in [9.17, 15) is 9.90 Å². The zero-order valence-corrected chi connectivity index (χ0v) is 12.2. The van der Waals surface area contributed by atoms with Gasteiger partial charge in [0.05, 0.1) is 18.8 Å². The van der Waals surface area contributed by atoms with E-state index < -0.39 is 23.5 Å². The SMILES string of the molecule is C[C@@H](O)CC1COC(C)(C)N1C(=O)OC(C)(C)C. The van der Waals surface area contributed by atoms with Crippen LogP contribution in [0, 0.1) is 0 Å². The van der Waals surface area contributed by atoms with Gasteiger partial charge >= 0.3 is 6.09 Å². The molecule has 1 unspecified atom stereocenters. The van der Waals surface area contributed by atoms with Crippen molar-refractivity contribution >= 4 is 6.09 Å². The number of hydrogen-bond acceptors (Lipinski definition) is 4. The summed E-state index contributed by atoms with van der Waals surface area (Å²) in [6, 6.07) is -0.144. The molecule has 0 spiro atoms. The van der Waals surface area contributed by atoms with Gasteiger partial charge in [-0.2, -0.15) is 0 Å². The highest BCUT2D eigenvalue weighted by Crippen LogP contribution is 2.31. The lowest BCUT2D eigenvalue weighted by Crippen LogP contribution is -2.50. The molecule has 1 rings (SSSR count). The van der Waals surface area contributed by atoms with Gasteiger partial charge in [0, 0.05) is 0 Å². The van der Waals surface area contributed by atoms with Gasteiger partial charge in [-0.1, -0.05) is 0 Å². The predicted molar refractivity (Wildman–Crippen MR) is 68.2 cm³/mol. The normalized spacial score (nSPS) is 25.1. The maximum Gasteiger partial charge on any atom is 0.412 e. The molecule has 0 aromatic heterocycles. The minimum Gasteiger partial charge on any atom is -0.444 e. The Morgan fingerprint density at radius 1 is 1.56 bits per heavy atom. The van der Waals surface area contributed by atoms with E-state index in [0.29, 0.717) is 13.0 Å². The number of aliphatic hydroxyl groups excluding tert-OH is 1. The van der Waals surface area contributed by atoms with Gasteiger partial charge in [0.1, 0.15) is 11.3 Å². The zero-order valence-electron chi connectivity index (χ0n) is 12.2. The molecule has 1 aliphatic rings. The van der Waals surface area contributed by atoms with Crippen LogP contribution in [0.25, 0.3) is 0 Å². The first-order valence-electron chi connectivity index (χ1n) is 6.37. The third kappa shape index (κ3) is 3.85. The van der Waals surface area contributed by atoms with Crippen molar-refractivity contribution in [3.8, 4) is 0 Å². The van der Waals surface area contributed by atoms with Gasteiger partial charge in [-0.3, -0.25) is 4.90 Å². The Morgan fingerprint density at radius 3 is 2.56 bits per heavy atom. The summed E-state index contributed by atoms with van der Waals surface area (Å²) in [5.41, 5.74) is -1.23. The number of carbonyl (C=O) groups is 1. The van der Waals surface area contributed by atoms with Crippen LogP contribution < -0.4 is 0 Å². The predicted octanol–water partition coefficient (Wildman–Crippen LogP) is 2.13. The van der Waals surface area contributed by atoms with Crippen molar-refractivity contribution in [3.05, 3.63) is 0 Å². The summed E-state index contributed by atoms with van der Waals surface area (Å²) in [4.78, 5) is 13.8. The molecule has 0 aliphatic carbocycles. The van der Waals surface area contributed by atoms with Crippen LogP contribution in [-0.2, 0) is 9.47 Å². The molecule has 0 aromatic rings. The summed E-state index contributed by atoms with van der Waals surface area (Å²) in [6.07, 6.45) is -0.379. The molecule has 1 fully saturated rings. The molecule has 5 nitrogen and oxygen atoms in total. The highest BCUT2D eigenvalue weighted by Gasteiger charge is 2.45. The van der Waals surface area contributed by atoms with Crippen LogP contribution in [0.3, 0.4) is 0 Å². The molecule has 0 saturated carbocycles. The number of hydrogen-bond donors (Lipinski definition) is 1. The summed E-state index contributed by atoms with van der Waals surface area (Å²) in [5.74, 6) is 0. The number of ether oxygens (including phenoxy) is 2. The lowest BCUT2D eigenvalue weighted by atomic mass is 10.1. The molecule has 0 aromatic carbocycles. The highest BCUT2D eigenvalue weighted by molar-refractivity contribution is 5.69. The molecule has 0 bridgehead atoms. The Kier molecular flexibility index (Phi) is 4.28. The van der Waals surface area contributed by atoms with E-state index in [1.165, 1.54) is 0 Å². The van der Waals surface area contributed by atoms with E-state index in [1.807, 2.05) is 34.6 Å². The van der Waals surface area contributed by atoms with Gasteiger partial charge in [-0.05, 0) is 48.0 Å². The van der Waals surface area contributed by atoms with E-state index in [4.69, 9.17) is 9.47 Å². The number of carbonyl (C=O) groups excluding carboxylic acids is 1. The molecule has 1 amide bonds. The van der Waals surface area contributed by atoms with Crippen molar-refractivity contribution in [2.45, 2.75) is 71.4 Å². The Hall–Kier alpha value is -0.810. The molecular weight excluding hydrogens is 234 g/mol. The topological polar surface area (TPSA) is 59.0 Å². The molecule has 106 valence electrons. The first kappa shape index (κ1) is 15.2. The van der Waals surface area contributed by atoms with Crippen LogP contribution in [0.1, 0.15) is 48.0 Å². The minimum absolute atomic E-state index is 0.144. The molecule has 5 heteroatoms. The number of aliphatic hydroxyl groups is 1. The van der Waals surface area contributed by atoms with Crippen LogP contribution >= 0.6 is 0 Å². The Morgan fingerprint density at radius 2 is 2.11 bits per heavy atom. The third-order valence-electron chi connectivity index (χ3n) is 2.78. The van der Waals surface area contributed by atoms with Crippen LogP contribution in [0.2, 0.25) is 0 Å². The van der Waals surface area contributed by atoms with Gasteiger partial charge in [0.25, 0.3) is 0 Å². The Labute approximate surface area is 109 Å². The summed E-state index contributed by atoms with van der Waals surface area (Å²) >= 11 is 0. The number of rotatable bonds is 2. The first-order chi connectivity index (χ1) is 8.03. The zero-order chi connectivity index (χ0) is 14.1. The van der Waals surface area contributed by atoms with Crippen molar-refractivity contribution < 1.29 is 19.4 Å².